The number of carboxylic acids is 1. The van der Waals surface area contributed by atoms with E-state index in [0.29, 0.717) is 25.2 Å². The molecule has 2 N–H and O–H groups in total. The number of amides is 1. The summed E-state index contributed by atoms with van der Waals surface area (Å²) in [6.07, 6.45) is 3.37. The van der Waals surface area contributed by atoms with Crippen molar-refractivity contribution in [3.05, 3.63) is 35.9 Å². The Balaban J connectivity index is 1.77. The van der Waals surface area contributed by atoms with Gasteiger partial charge in [0, 0.05) is 0 Å². The first-order valence-corrected chi connectivity index (χ1v) is 9.94. The smallest absolute Gasteiger partial charge is 0.326 e. The van der Waals surface area contributed by atoms with Gasteiger partial charge < -0.3 is 10.4 Å². The van der Waals surface area contributed by atoms with Crippen LogP contribution in [-0.4, -0.2) is 42.9 Å². The van der Waals surface area contributed by atoms with E-state index in [9.17, 15) is 18.0 Å². The number of carboxylic acid groups (broad SMARTS) is 1. The molecular formula is C17H23NO5S. The summed E-state index contributed by atoms with van der Waals surface area (Å²) in [5.41, 5.74) is 1.05. The maximum Gasteiger partial charge on any atom is 0.326 e. The largest absolute Gasteiger partial charge is 0.480 e. The summed E-state index contributed by atoms with van der Waals surface area (Å²) in [5.74, 6) is -2.26. The van der Waals surface area contributed by atoms with E-state index < -0.39 is 33.5 Å². The van der Waals surface area contributed by atoms with Gasteiger partial charge in [-0.05, 0) is 30.7 Å². The van der Waals surface area contributed by atoms with Crippen LogP contribution in [0.2, 0.25) is 0 Å². The summed E-state index contributed by atoms with van der Waals surface area (Å²) in [7, 11) is -3.54. The summed E-state index contributed by atoms with van der Waals surface area (Å²) < 4.78 is 24.0. The molecule has 1 aliphatic rings. The quantitative estimate of drug-likeness (QED) is 0.662. The Morgan fingerprint density at radius 3 is 2.46 bits per heavy atom. The number of benzene rings is 1. The standard InChI is InChI=1S/C17H23NO5S/c19-16(18-15(17(20)21)11-14-8-9-14)12-24(22,23)10-4-7-13-5-2-1-3-6-13/h1-3,5-6,14-15H,4,7-12H2,(H,18,19)(H,20,21). The van der Waals surface area contributed by atoms with Crippen LogP contribution < -0.4 is 5.32 Å². The second-order valence-electron chi connectivity index (χ2n) is 6.32. The van der Waals surface area contributed by atoms with E-state index >= 15 is 0 Å². The van der Waals surface area contributed by atoms with Crippen molar-refractivity contribution in [3.63, 3.8) is 0 Å². The molecule has 1 aliphatic carbocycles. The zero-order valence-corrected chi connectivity index (χ0v) is 14.3. The molecular weight excluding hydrogens is 330 g/mol. The number of hydrogen-bond acceptors (Lipinski definition) is 4. The Labute approximate surface area is 142 Å². The molecule has 0 heterocycles. The third-order valence-corrected chi connectivity index (χ3v) is 5.63. The molecule has 0 bridgehead atoms. The molecule has 1 unspecified atom stereocenters. The fourth-order valence-corrected chi connectivity index (χ4v) is 3.77. The van der Waals surface area contributed by atoms with Gasteiger partial charge in [-0.1, -0.05) is 43.2 Å². The number of aliphatic carboxylic acids is 1. The van der Waals surface area contributed by atoms with Crippen molar-refractivity contribution in [2.75, 3.05) is 11.5 Å². The van der Waals surface area contributed by atoms with Gasteiger partial charge in [-0.2, -0.15) is 0 Å². The lowest BCUT2D eigenvalue weighted by molar-refractivity contribution is -0.141. The molecule has 1 aromatic carbocycles. The van der Waals surface area contributed by atoms with Crippen LogP contribution in [0, 0.1) is 5.92 Å². The number of carbonyl (C=O) groups excluding carboxylic acids is 1. The molecule has 1 aromatic rings. The van der Waals surface area contributed by atoms with Crippen molar-refractivity contribution in [1.82, 2.24) is 5.32 Å². The van der Waals surface area contributed by atoms with E-state index in [0.717, 1.165) is 18.4 Å². The van der Waals surface area contributed by atoms with Crippen LogP contribution in [0.25, 0.3) is 0 Å². The van der Waals surface area contributed by atoms with Crippen LogP contribution in [0.4, 0.5) is 0 Å². The lowest BCUT2D eigenvalue weighted by Gasteiger charge is -2.14. The van der Waals surface area contributed by atoms with E-state index in [4.69, 9.17) is 5.11 Å². The second kappa shape index (κ2) is 8.28. The predicted molar refractivity (Wildman–Crippen MR) is 90.3 cm³/mol. The van der Waals surface area contributed by atoms with Crippen molar-refractivity contribution in [1.29, 1.82) is 0 Å². The molecule has 0 saturated heterocycles. The van der Waals surface area contributed by atoms with Crippen molar-refractivity contribution >= 4 is 21.7 Å². The van der Waals surface area contributed by atoms with Gasteiger partial charge in [0.25, 0.3) is 0 Å². The number of aryl methyl sites for hydroxylation is 1. The van der Waals surface area contributed by atoms with E-state index in [2.05, 4.69) is 5.32 Å². The molecule has 1 atom stereocenters. The highest BCUT2D eigenvalue weighted by atomic mass is 32.2. The predicted octanol–water partition coefficient (Wildman–Crippen LogP) is 1.40. The van der Waals surface area contributed by atoms with Crippen LogP contribution in [0.5, 0.6) is 0 Å². The fraction of sp³-hybridized carbons (Fsp3) is 0.529. The van der Waals surface area contributed by atoms with E-state index in [1.54, 1.807) is 0 Å². The first-order valence-electron chi connectivity index (χ1n) is 8.12. The molecule has 0 aromatic heterocycles. The zero-order chi connectivity index (χ0) is 17.6. The molecule has 6 nitrogen and oxygen atoms in total. The zero-order valence-electron chi connectivity index (χ0n) is 13.5. The average Bonchev–Trinajstić information content (AvgIpc) is 3.30. The van der Waals surface area contributed by atoms with E-state index in [1.165, 1.54) is 0 Å². The van der Waals surface area contributed by atoms with Crippen LogP contribution in [0.15, 0.2) is 30.3 Å². The van der Waals surface area contributed by atoms with Gasteiger partial charge in [0.2, 0.25) is 5.91 Å². The Morgan fingerprint density at radius 2 is 1.88 bits per heavy atom. The second-order valence-corrected chi connectivity index (χ2v) is 8.50. The first-order chi connectivity index (χ1) is 11.4. The van der Waals surface area contributed by atoms with Gasteiger partial charge in [0.1, 0.15) is 11.8 Å². The van der Waals surface area contributed by atoms with E-state index in [1.807, 2.05) is 30.3 Å². The minimum atomic E-state index is -3.54. The molecule has 1 saturated carbocycles. The fourth-order valence-electron chi connectivity index (χ4n) is 2.56. The van der Waals surface area contributed by atoms with Gasteiger partial charge in [0.05, 0.1) is 5.75 Å². The van der Waals surface area contributed by atoms with Gasteiger partial charge in [-0.15, -0.1) is 0 Å². The number of sulfone groups is 1. The van der Waals surface area contributed by atoms with Gasteiger partial charge in [0.15, 0.2) is 9.84 Å². The monoisotopic (exact) mass is 353 g/mol. The van der Waals surface area contributed by atoms with Gasteiger partial charge in [-0.25, -0.2) is 13.2 Å². The molecule has 0 spiro atoms. The van der Waals surface area contributed by atoms with Crippen LogP contribution in [0.3, 0.4) is 0 Å². The molecule has 132 valence electrons. The highest BCUT2D eigenvalue weighted by molar-refractivity contribution is 7.92. The van der Waals surface area contributed by atoms with Gasteiger partial charge in [-0.3, -0.25) is 4.79 Å². The minimum Gasteiger partial charge on any atom is -0.480 e. The summed E-state index contributed by atoms with van der Waals surface area (Å²) in [4.78, 5) is 23.0. The minimum absolute atomic E-state index is 0.0876. The Morgan fingerprint density at radius 1 is 1.21 bits per heavy atom. The van der Waals surface area contributed by atoms with Crippen molar-refractivity contribution in [2.24, 2.45) is 5.92 Å². The van der Waals surface area contributed by atoms with Crippen molar-refractivity contribution < 1.29 is 23.1 Å². The number of rotatable bonds is 10. The first kappa shape index (κ1) is 18.4. The normalized spacial score (nSPS) is 15.7. The van der Waals surface area contributed by atoms with Crippen LogP contribution in [-0.2, 0) is 25.8 Å². The number of carbonyl (C=O) groups is 2. The molecule has 24 heavy (non-hydrogen) atoms. The maximum atomic E-state index is 12.0. The highest BCUT2D eigenvalue weighted by Gasteiger charge is 2.31. The lowest BCUT2D eigenvalue weighted by atomic mass is 10.1. The number of hydrogen-bond donors (Lipinski definition) is 2. The highest BCUT2D eigenvalue weighted by Crippen LogP contribution is 2.33. The third-order valence-electron chi connectivity index (χ3n) is 4.01. The van der Waals surface area contributed by atoms with Crippen LogP contribution >= 0.6 is 0 Å². The van der Waals surface area contributed by atoms with E-state index in [-0.39, 0.29) is 5.75 Å². The maximum absolute atomic E-state index is 12.0. The summed E-state index contributed by atoms with van der Waals surface area (Å²) in [5, 5.41) is 11.4. The molecule has 2 rings (SSSR count). The third kappa shape index (κ3) is 6.70. The Hall–Kier alpha value is -1.89. The average molecular weight is 353 g/mol. The molecule has 1 fully saturated rings. The Bertz CT molecular complexity index is 667. The summed E-state index contributed by atoms with van der Waals surface area (Å²) in [6.45, 7) is 0. The molecule has 0 radical (unpaired) electrons. The number of nitrogens with one attached hydrogen (secondary N) is 1. The molecule has 7 heteroatoms. The summed E-state index contributed by atoms with van der Waals surface area (Å²) >= 11 is 0. The van der Waals surface area contributed by atoms with Gasteiger partial charge >= 0.3 is 5.97 Å². The SMILES string of the molecule is O=C(CS(=O)(=O)CCCc1ccccc1)NC(CC1CC1)C(=O)O. The molecule has 1 amide bonds. The van der Waals surface area contributed by atoms with Crippen LogP contribution in [0.1, 0.15) is 31.2 Å². The topological polar surface area (TPSA) is 101 Å². The van der Waals surface area contributed by atoms with Crippen molar-refractivity contribution in [2.45, 2.75) is 38.1 Å². The molecule has 0 aliphatic heterocycles. The van der Waals surface area contributed by atoms with Crippen molar-refractivity contribution in [3.8, 4) is 0 Å². The summed E-state index contributed by atoms with van der Waals surface area (Å²) in [6, 6.07) is 8.53. The lowest BCUT2D eigenvalue weighted by Crippen LogP contribution is -2.43. The Kier molecular flexibility index (Phi) is 6.36.